The lowest BCUT2D eigenvalue weighted by molar-refractivity contribution is -0.127. The summed E-state index contributed by atoms with van der Waals surface area (Å²) in [6.45, 7) is 9.87. The average molecular weight is 395 g/mol. The highest BCUT2D eigenvalue weighted by molar-refractivity contribution is 5.81. The lowest BCUT2D eigenvalue weighted by atomic mass is 9.95. The van der Waals surface area contributed by atoms with Gasteiger partial charge in [0, 0.05) is 44.8 Å². The van der Waals surface area contributed by atoms with E-state index in [4.69, 9.17) is 4.74 Å². The molecule has 3 rings (SSSR count). The fourth-order valence-electron chi connectivity index (χ4n) is 4.50. The zero-order valence-corrected chi connectivity index (χ0v) is 17.6. The van der Waals surface area contributed by atoms with E-state index < -0.39 is 0 Å². The van der Waals surface area contributed by atoms with E-state index in [0.717, 1.165) is 65.1 Å². The fraction of sp³-hybridized carbons (Fsp3) is 0.905. The molecule has 1 aliphatic carbocycles. The van der Waals surface area contributed by atoms with Gasteiger partial charge in [0.25, 0.3) is 0 Å². The molecule has 7 nitrogen and oxygen atoms in total. The van der Waals surface area contributed by atoms with E-state index in [1.54, 1.807) is 0 Å². The van der Waals surface area contributed by atoms with Gasteiger partial charge < -0.3 is 20.3 Å². The molecule has 2 aliphatic heterocycles. The van der Waals surface area contributed by atoms with Gasteiger partial charge in [-0.25, -0.2) is 4.79 Å². The molecular weight excluding hydrogens is 356 g/mol. The van der Waals surface area contributed by atoms with Gasteiger partial charge >= 0.3 is 6.03 Å². The normalized spacial score (nSPS) is 25.7. The van der Waals surface area contributed by atoms with E-state index in [1.807, 2.05) is 4.90 Å². The van der Waals surface area contributed by atoms with E-state index in [2.05, 4.69) is 29.4 Å². The maximum atomic E-state index is 13.0. The first-order valence-corrected chi connectivity index (χ1v) is 11.2. The smallest absolute Gasteiger partial charge is 0.317 e. The van der Waals surface area contributed by atoms with E-state index >= 15 is 0 Å². The van der Waals surface area contributed by atoms with Crippen molar-refractivity contribution in [1.29, 1.82) is 0 Å². The summed E-state index contributed by atoms with van der Waals surface area (Å²) in [4.78, 5) is 29.8. The molecule has 2 N–H and O–H groups in total. The molecule has 28 heavy (non-hydrogen) atoms. The van der Waals surface area contributed by atoms with Gasteiger partial charge in [0.2, 0.25) is 5.91 Å². The topological polar surface area (TPSA) is 73.9 Å². The van der Waals surface area contributed by atoms with Crippen LogP contribution in [0.25, 0.3) is 0 Å². The third-order valence-electron chi connectivity index (χ3n) is 6.45. The van der Waals surface area contributed by atoms with Crippen LogP contribution < -0.4 is 10.6 Å². The second-order valence-corrected chi connectivity index (χ2v) is 8.99. The molecule has 0 radical (unpaired) electrons. The highest BCUT2D eigenvalue weighted by Crippen LogP contribution is 2.21. The van der Waals surface area contributed by atoms with Crippen molar-refractivity contribution < 1.29 is 14.3 Å². The van der Waals surface area contributed by atoms with Crippen LogP contribution in [0.2, 0.25) is 0 Å². The first-order chi connectivity index (χ1) is 13.5. The Kier molecular flexibility index (Phi) is 7.97. The summed E-state index contributed by atoms with van der Waals surface area (Å²) in [5.41, 5.74) is 0. The summed E-state index contributed by atoms with van der Waals surface area (Å²) in [7, 11) is 0. The number of nitrogens with zero attached hydrogens (tertiary/aromatic N) is 2. The molecular formula is C21H38N4O3. The SMILES string of the molecule is CC(C)C(CN1CCOCC1)NC(=O)C1CCCN(C(=O)NC2CCCC2)C1. The van der Waals surface area contributed by atoms with Gasteiger partial charge in [-0.3, -0.25) is 9.69 Å². The Balaban J connectivity index is 1.49. The number of likely N-dealkylation sites (tertiary alicyclic amines) is 1. The Morgan fingerprint density at radius 1 is 1.04 bits per heavy atom. The number of carbonyl (C=O) groups is 2. The highest BCUT2D eigenvalue weighted by atomic mass is 16.5. The number of hydrogen-bond donors (Lipinski definition) is 2. The number of nitrogens with one attached hydrogen (secondary N) is 2. The summed E-state index contributed by atoms with van der Waals surface area (Å²) in [6, 6.07) is 0.465. The molecule has 3 fully saturated rings. The van der Waals surface area contributed by atoms with Crippen molar-refractivity contribution in [2.75, 3.05) is 45.9 Å². The van der Waals surface area contributed by atoms with Crippen LogP contribution in [0.4, 0.5) is 4.79 Å². The van der Waals surface area contributed by atoms with Gasteiger partial charge in [-0.1, -0.05) is 26.7 Å². The maximum Gasteiger partial charge on any atom is 0.317 e. The number of amides is 3. The lowest BCUT2D eigenvalue weighted by Crippen LogP contribution is -2.54. The molecule has 0 spiro atoms. The third-order valence-corrected chi connectivity index (χ3v) is 6.45. The Labute approximate surface area is 169 Å². The van der Waals surface area contributed by atoms with E-state index in [1.165, 1.54) is 12.8 Å². The van der Waals surface area contributed by atoms with Gasteiger partial charge in [0.05, 0.1) is 19.1 Å². The van der Waals surface area contributed by atoms with Crippen molar-refractivity contribution in [3.63, 3.8) is 0 Å². The predicted molar refractivity (Wildman–Crippen MR) is 109 cm³/mol. The minimum Gasteiger partial charge on any atom is -0.379 e. The molecule has 0 aromatic rings. The summed E-state index contributed by atoms with van der Waals surface area (Å²) in [5.74, 6) is 0.372. The van der Waals surface area contributed by atoms with Crippen LogP contribution in [-0.2, 0) is 9.53 Å². The average Bonchev–Trinajstić information content (AvgIpc) is 3.21. The zero-order chi connectivity index (χ0) is 19.9. The van der Waals surface area contributed by atoms with Crippen molar-refractivity contribution >= 4 is 11.9 Å². The molecule has 0 aromatic carbocycles. The summed E-state index contributed by atoms with van der Waals surface area (Å²) in [5, 5.41) is 6.44. The van der Waals surface area contributed by atoms with Crippen LogP contribution >= 0.6 is 0 Å². The minimum absolute atomic E-state index is 0.0122. The molecule has 3 amide bonds. The minimum atomic E-state index is -0.103. The molecule has 7 heteroatoms. The van der Waals surface area contributed by atoms with Crippen molar-refractivity contribution in [3.8, 4) is 0 Å². The Bertz CT molecular complexity index is 516. The predicted octanol–water partition coefficient (Wildman–Crippen LogP) is 1.82. The van der Waals surface area contributed by atoms with E-state index in [9.17, 15) is 9.59 Å². The Morgan fingerprint density at radius 3 is 2.43 bits per heavy atom. The van der Waals surface area contributed by atoms with Gasteiger partial charge in [0.1, 0.15) is 0 Å². The molecule has 160 valence electrons. The number of hydrogen-bond acceptors (Lipinski definition) is 4. The van der Waals surface area contributed by atoms with Crippen LogP contribution in [0, 0.1) is 11.8 Å². The van der Waals surface area contributed by atoms with Gasteiger partial charge in [0.15, 0.2) is 0 Å². The third kappa shape index (κ3) is 6.08. The van der Waals surface area contributed by atoms with Crippen LogP contribution in [0.15, 0.2) is 0 Å². The first kappa shape index (κ1) is 21.4. The standard InChI is InChI=1S/C21H38N4O3/c1-16(2)19(15-24-10-12-28-13-11-24)23-20(26)17-6-5-9-25(14-17)21(27)22-18-7-3-4-8-18/h16-19H,3-15H2,1-2H3,(H,22,27)(H,23,26). The lowest BCUT2D eigenvalue weighted by Gasteiger charge is -2.36. The largest absolute Gasteiger partial charge is 0.379 e. The van der Waals surface area contributed by atoms with Crippen LogP contribution in [0.3, 0.4) is 0 Å². The molecule has 1 saturated carbocycles. The summed E-state index contributed by atoms with van der Waals surface area (Å²) in [6.07, 6.45) is 6.33. The number of piperidine rings is 1. The van der Waals surface area contributed by atoms with E-state index in [-0.39, 0.29) is 23.9 Å². The van der Waals surface area contributed by atoms with Crippen LogP contribution in [0.5, 0.6) is 0 Å². The number of rotatable bonds is 6. The Hall–Kier alpha value is -1.34. The molecule has 2 saturated heterocycles. The summed E-state index contributed by atoms with van der Waals surface area (Å²) >= 11 is 0. The monoisotopic (exact) mass is 394 g/mol. The number of ether oxygens (including phenoxy) is 1. The van der Waals surface area contributed by atoms with Crippen molar-refractivity contribution in [2.24, 2.45) is 11.8 Å². The number of morpholine rings is 1. The van der Waals surface area contributed by atoms with Crippen LogP contribution in [0.1, 0.15) is 52.4 Å². The second kappa shape index (κ2) is 10.4. The molecule has 3 aliphatic rings. The van der Waals surface area contributed by atoms with Gasteiger partial charge in [-0.15, -0.1) is 0 Å². The maximum absolute atomic E-state index is 13.0. The quantitative estimate of drug-likeness (QED) is 0.721. The summed E-state index contributed by atoms with van der Waals surface area (Å²) < 4.78 is 5.43. The number of urea groups is 1. The molecule has 0 bridgehead atoms. The molecule has 2 heterocycles. The van der Waals surface area contributed by atoms with Crippen molar-refractivity contribution in [1.82, 2.24) is 20.4 Å². The molecule has 0 aromatic heterocycles. The van der Waals surface area contributed by atoms with Gasteiger partial charge in [-0.2, -0.15) is 0 Å². The number of carbonyl (C=O) groups excluding carboxylic acids is 2. The van der Waals surface area contributed by atoms with Crippen LogP contribution in [-0.4, -0.2) is 79.8 Å². The fourth-order valence-corrected chi connectivity index (χ4v) is 4.50. The van der Waals surface area contributed by atoms with E-state index in [0.29, 0.717) is 18.5 Å². The Morgan fingerprint density at radius 2 is 1.75 bits per heavy atom. The van der Waals surface area contributed by atoms with Crippen molar-refractivity contribution in [3.05, 3.63) is 0 Å². The highest BCUT2D eigenvalue weighted by Gasteiger charge is 2.31. The second-order valence-electron chi connectivity index (χ2n) is 8.99. The van der Waals surface area contributed by atoms with Gasteiger partial charge in [-0.05, 0) is 31.6 Å². The zero-order valence-electron chi connectivity index (χ0n) is 17.6. The van der Waals surface area contributed by atoms with Crippen molar-refractivity contribution in [2.45, 2.75) is 64.5 Å². The molecule has 2 atom stereocenters. The molecule has 2 unspecified atom stereocenters. The first-order valence-electron chi connectivity index (χ1n) is 11.2.